The van der Waals surface area contributed by atoms with E-state index in [1.165, 1.54) is 17.0 Å². The van der Waals surface area contributed by atoms with Crippen molar-refractivity contribution < 1.29 is 9.53 Å². The number of benzene rings is 1. The number of nitrogens with one attached hydrogen (secondary N) is 2. The molecule has 0 saturated carbocycles. The SMILES string of the molecule is COc1ccccc1NC(=O)CCN1C(=S)N[C@H](c2ccccn2)[C@@H]1c1cc(C)n(C(C)C)c1C. The summed E-state index contributed by atoms with van der Waals surface area (Å²) in [5, 5.41) is 7.08. The van der Waals surface area contributed by atoms with E-state index >= 15 is 0 Å². The molecule has 3 aromatic rings. The fraction of sp³-hybridized carbons (Fsp3) is 0.370. The number of thiocarbonyl (C=S) groups is 1. The van der Waals surface area contributed by atoms with E-state index in [9.17, 15) is 4.79 Å². The highest BCUT2D eigenvalue weighted by Crippen LogP contribution is 2.41. The Morgan fingerprint density at radius 1 is 1.20 bits per heavy atom. The number of rotatable bonds is 8. The van der Waals surface area contributed by atoms with E-state index in [4.69, 9.17) is 17.0 Å². The second-order valence-corrected chi connectivity index (χ2v) is 9.50. The third-order valence-electron chi connectivity index (χ3n) is 6.52. The second-order valence-electron chi connectivity index (χ2n) is 9.11. The fourth-order valence-electron chi connectivity index (χ4n) is 5.06. The summed E-state index contributed by atoms with van der Waals surface area (Å²) in [6, 6.07) is 15.7. The molecule has 2 atom stereocenters. The van der Waals surface area contributed by atoms with Crippen LogP contribution in [0.1, 0.15) is 61.0 Å². The molecule has 0 spiro atoms. The first-order valence-electron chi connectivity index (χ1n) is 11.9. The highest BCUT2D eigenvalue weighted by molar-refractivity contribution is 7.80. The molecule has 3 heterocycles. The van der Waals surface area contributed by atoms with E-state index < -0.39 is 0 Å². The molecule has 0 aliphatic carbocycles. The number of carbonyl (C=O) groups excluding carboxylic acids is 1. The minimum atomic E-state index is -0.109. The normalized spacial score (nSPS) is 17.5. The van der Waals surface area contributed by atoms with Gasteiger partial charge >= 0.3 is 0 Å². The van der Waals surface area contributed by atoms with E-state index in [0.717, 1.165) is 5.69 Å². The minimum Gasteiger partial charge on any atom is -0.495 e. The van der Waals surface area contributed by atoms with Crippen molar-refractivity contribution in [2.75, 3.05) is 19.0 Å². The molecular formula is C27H33N5O2S. The summed E-state index contributed by atoms with van der Waals surface area (Å²) in [6.45, 7) is 9.16. The van der Waals surface area contributed by atoms with E-state index in [1.54, 1.807) is 13.3 Å². The van der Waals surface area contributed by atoms with Gasteiger partial charge in [0, 0.05) is 36.6 Å². The van der Waals surface area contributed by atoms with E-state index in [1.807, 2.05) is 42.5 Å². The van der Waals surface area contributed by atoms with Crippen molar-refractivity contribution in [2.45, 2.75) is 52.2 Å². The van der Waals surface area contributed by atoms with Crippen LogP contribution in [0.3, 0.4) is 0 Å². The van der Waals surface area contributed by atoms with Gasteiger partial charge in [0.15, 0.2) is 5.11 Å². The van der Waals surface area contributed by atoms with Crippen LogP contribution in [-0.2, 0) is 4.79 Å². The number of aromatic nitrogens is 2. The van der Waals surface area contributed by atoms with Gasteiger partial charge in [-0.05, 0) is 75.8 Å². The van der Waals surface area contributed by atoms with Crippen molar-refractivity contribution in [2.24, 2.45) is 0 Å². The van der Waals surface area contributed by atoms with Gasteiger partial charge in [0.1, 0.15) is 5.75 Å². The van der Waals surface area contributed by atoms with Crippen molar-refractivity contribution >= 4 is 28.9 Å². The summed E-state index contributed by atoms with van der Waals surface area (Å²) in [6.07, 6.45) is 2.09. The number of hydrogen-bond donors (Lipinski definition) is 2. The van der Waals surface area contributed by atoms with Gasteiger partial charge in [-0.3, -0.25) is 9.78 Å². The molecule has 0 unspecified atom stereocenters. The number of pyridine rings is 1. The molecule has 7 nitrogen and oxygen atoms in total. The van der Waals surface area contributed by atoms with Crippen LogP contribution in [0, 0.1) is 13.8 Å². The van der Waals surface area contributed by atoms with Crippen molar-refractivity contribution in [3.8, 4) is 5.75 Å². The van der Waals surface area contributed by atoms with Gasteiger partial charge in [0.25, 0.3) is 0 Å². The Balaban J connectivity index is 1.61. The molecule has 35 heavy (non-hydrogen) atoms. The van der Waals surface area contributed by atoms with Crippen LogP contribution in [0.2, 0.25) is 0 Å². The number of amides is 1. The Hall–Kier alpha value is -3.39. The van der Waals surface area contributed by atoms with Gasteiger partial charge in [0.2, 0.25) is 5.91 Å². The monoisotopic (exact) mass is 491 g/mol. The molecule has 1 aromatic carbocycles. The quantitative estimate of drug-likeness (QED) is 0.428. The molecule has 0 radical (unpaired) electrons. The third kappa shape index (κ3) is 5.03. The van der Waals surface area contributed by atoms with Gasteiger partial charge in [-0.1, -0.05) is 18.2 Å². The maximum absolute atomic E-state index is 12.9. The molecule has 1 aliphatic rings. The largest absolute Gasteiger partial charge is 0.495 e. The lowest BCUT2D eigenvalue weighted by molar-refractivity contribution is -0.116. The first-order chi connectivity index (χ1) is 16.8. The number of methoxy groups -OCH3 is 1. The smallest absolute Gasteiger partial charge is 0.226 e. The highest BCUT2D eigenvalue weighted by atomic mass is 32.1. The van der Waals surface area contributed by atoms with Crippen molar-refractivity contribution in [3.05, 3.63) is 77.4 Å². The maximum atomic E-state index is 12.9. The maximum Gasteiger partial charge on any atom is 0.226 e. The number of hydrogen-bond acceptors (Lipinski definition) is 4. The van der Waals surface area contributed by atoms with Crippen LogP contribution < -0.4 is 15.4 Å². The number of para-hydroxylation sites is 2. The Morgan fingerprint density at radius 3 is 2.60 bits per heavy atom. The zero-order chi connectivity index (χ0) is 25.1. The number of carbonyl (C=O) groups is 1. The number of aryl methyl sites for hydroxylation is 1. The van der Waals surface area contributed by atoms with Crippen LogP contribution in [0.15, 0.2) is 54.7 Å². The summed E-state index contributed by atoms with van der Waals surface area (Å²) in [4.78, 5) is 19.6. The molecule has 1 fully saturated rings. The van der Waals surface area contributed by atoms with E-state index in [0.29, 0.717) is 29.1 Å². The fourth-order valence-corrected chi connectivity index (χ4v) is 5.40. The van der Waals surface area contributed by atoms with Crippen LogP contribution in [-0.4, -0.2) is 39.1 Å². The van der Waals surface area contributed by atoms with Crippen LogP contribution in [0.25, 0.3) is 0 Å². The van der Waals surface area contributed by atoms with Gasteiger partial charge in [-0.2, -0.15) is 0 Å². The topological polar surface area (TPSA) is 71.4 Å². The van der Waals surface area contributed by atoms with Gasteiger partial charge in [0.05, 0.1) is 30.6 Å². The molecule has 1 amide bonds. The summed E-state index contributed by atoms with van der Waals surface area (Å²) in [7, 11) is 1.59. The second kappa shape index (κ2) is 10.5. The van der Waals surface area contributed by atoms with E-state index in [2.05, 4.69) is 58.8 Å². The molecule has 4 rings (SSSR count). The van der Waals surface area contributed by atoms with Crippen molar-refractivity contribution in [1.29, 1.82) is 0 Å². The van der Waals surface area contributed by atoms with Crippen LogP contribution in [0.4, 0.5) is 5.69 Å². The summed E-state index contributed by atoms with van der Waals surface area (Å²) in [5.41, 5.74) is 5.20. The zero-order valence-corrected chi connectivity index (χ0v) is 21.7. The molecule has 1 saturated heterocycles. The first kappa shape index (κ1) is 24.7. The molecule has 2 aromatic heterocycles. The predicted octanol–water partition coefficient (Wildman–Crippen LogP) is 5.09. The Morgan fingerprint density at radius 2 is 1.94 bits per heavy atom. The average Bonchev–Trinajstić information content (AvgIpc) is 3.33. The summed E-state index contributed by atoms with van der Waals surface area (Å²) >= 11 is 5.78. The minimum absolute atomic E-state index is 0.0739. The molecule has 1 aliphatic heterocycles. The number of anilines is 1. The lowest BCUT2D eigenvalue weighted by Gasteiger charge is -2.28. The Labute approximate surface area is 212 Å². The van der Waals surface area contributed by atoms with Gasteiger partial charge in [-0.25, -0.2) is 0 Å². The zero-order valence-electron chi connectivity index (χ0n) is 20.9. The molecule has 8 heteroatoms. The van der Waals surface area contributed by atoms with Crippen LogP contribution >= 0.6 is 12.2 Å². The van der Waals surface area contributed by atoms with Crippen molar-refractivity contribution in [1.82, 2.24) is 19.8 Å². The molecule has 2 N–H and O–H groups in total. The lowest BCUT2D eigenvalue weighted by Crippen LogP contribution is -2.33. The predicted molar refractivity (Wildman–Crippen MR) is 143 cm³/mol. The lowest BCUT2D eigenvalue weighted by atomic mass is 9.96. The molecule has 184 valence electrons. The van der Waals surface area contributed by atoms with Crippen molar-refractivity contribution in [3.63, 3.8) is 0 Å². The average molecular weight is 492 g/mol. The first-order valence-corrected chi connectivity index (χ1v) is 12.3. The van der Waals surface area contributed by atoms with E-state index in [-0.39, 0.29) is 24.4 Å². The summed E-state index contributed by atoms with van der Waals surface area (Å²) < 4.78 is 7.71. The molecule has 0 bridgehead atoms. The summed E-state index contributed by atoms with van der Waals surface area (Å²) in [5.74, 6) is 0.540. The van der Waals surface area contributed by atoms with Crippen LogP contribution in [0.5, 0.6) is 5.75 Å². The Kier molecular flexibility index (Phi) is 7.40. The van der Waals surface area contributed by atoms with Gasteiger partial charge in [-0.15, -0.1) is 0 Å². The Bertz CT molecular complexity index is 1210. The molecular weight excluding hydrogens is 458 g/mol. The standard InChI is InChI=1S/C27H33N5O2S/c1-17(2)32-18(3)16-20(19(32)4)26-25(22-11-8-9-14-28-22)30-27(35)31(26)15-13-24(33)29-21-10-6-7-12-23(21)34-5/h6-12,14,16-17,25-26H,13,15H2,1-5H3,(H,29,33)(H,30,35)/t25-,26+/m1/s1. The number of ether oxygens (including phenoxy) is 1. The van der Waals surface area contributed by atoms with Gasteiger partial charge < -0.3 is 24.8 Å². The number of nitrogens with zero attached hydrogens (tertiary/aromatic N) is 3. The highest BCUT2D eigenvalue weighted by Gasteiger charge is 2.41. The third-order valence-corrected chi connectivity index (χ3v) is 6.87.